The highest BCUT2D eigenvalue weighted by molar-refractivity contribution is 8.01. The summed E-state index contributed by atoms with van der Waals surface area (Å²) in [6.45, 7) is 8.27. The lowest BCUT2D eigenvalue weighted by molar-refractivity contribution is 0.0135. The number of nitrogens with one attached hydrogen (secondary N) is 2. The summed E-state index contributed by atoms with van der Waals surface area (Å²) in [5.41, 5.74) is 2.44. The van der Waals surface area contributed by atoms with Gasteiger partial charge in [0.25, 0.3) is 0 Å². The van der Waals surface area contributed by atoms with Crippen LogP contribution in [-0.4, -0.2) is 54.3 Å². The molecular weight excluding hydrogens is 436 g/mol. The molecule has 2 aliphatic carbocycles. The van der Waals surface area contributed by atoms with Crippen LogP contribution in [-0.2, 0) is 15.9 Å². The maximum absolute atomic E-state index is 10.7. The van der Waals surface area contributed by atoms with Gasteiger partial charge < -0.3 is 25.0 Å². The van der Waals surface area contributed by atoms with E-state index in [4.69, 9.17) is 9.47 Å². The molecule has 2 fully saturated rings. The second-order valence-corrected chi connectivity index (χ2v) is 10.3. The van der Waals surface area contributed by atoms with Crippen molar-refractivity contribution in [3.05, 3.63) is 70.9 Å². The summed E-state index contributed by atoms with van der Waals surface area (Å²) in [6.07, 6.45) is 8.35. The van der Waals surface area contributed by atoms with Crippen LogP contribution in [0.2, 0.25) is 0 Å². The van der Waals surface area contributed by atoms with Gasteiger partial charge in [0, 0.05) is 23.4 Å². The largest absolute Gasteiger partial charge is 0.493 e. The third kappa shape index (κ3) is 6.29. The number of rotatable bonds is 11. The lowest BCUT2D eigenvalue weighted by Gasteiger charge is -2.31. The number of ether oxygens (including phenoxy) is 2. The second-order valence-electron chi connectivity index (χ2n) is 9.30. The van der Waals surface area contributed by atoms with Crippen LogP contribution in [0, 0.1) is 5.92 Å². The van der Waals surface area contributed by atoms with Gasteiger partial charge in [0.2, 0.25) is 0 Å². The molecule has 1 aliphatic heterocycles. The summed E-state index contributed by atoms with van der Waals surface area (Å²) in [5, 5.41) is 25.1. The summed E-state index contributed by atoms with van der Waals surface area (Å²) >= 11 is 1.45. The molecule has 3 aliphatic rings. The Labute approximate surface area is 201 Å². The van der Waals surface area contributed by atoms with E-state index in [9.17, 15) is 10.2 Å². The molecule has 1 saturated heterocycles. The molecule has 0 spiro atoms. The van der Waals surface area contributed by atoms with Gasteiger partial charge in [-0.1, -0.05) is 43.8 Å². The zero-order chi connectivity index (χ0) is 23.3. The standard InChI is InChI=1S/C26H36N2O4S/c1-3-22(9-8-21-17-31-12-13-32-21)33-27-16-20(29)14-18(2)26(10-11-26)28-25-23-7-5-4-6-19(23)15-24(25)30/h3-9,18,20,24-25,27-30H,1,10-17H2,2H3/b21-8+,22-9+. The van der Waals surface area contributed by atoms with Crippen LogP contribution in [0.5, 0.6) is 0 Å². The third-order valence-corrected chi connectivity index (χ3v) is 7.76. The smallest absolute Gasteiger partial charge is 0.122 e. The van der Waals surface area contributed by atoms with Crippen molar-refractivity contribution in [1.82, 2.24) is 10.0 Å². The van der Waals surface area contributed by atoms with Crippen molar-refractivity contribution < 1.29 is 19.7 Å². The molecule has 1 saturated carbocycles. The lowest BCUT2D eigenvalue weighted by atomic mass is 9.91. The van der Waals surface area contributed by atoms with Crippen molar-refractivity contribution in [3.63, 3.8) is 0 Å². The van der Waals surface area contributed by atoms with Crippen LogP contribution in [0.3, 0.4) is 0 Å². The zero-order valence-corrected chi connectivity index (χ0v) is 20.2. The van der Waals surface area contributed by atoms with E-state index < -0.39 is 6.10 Å². The highest BCUT2D eigenvalue weighted by atomic mass is 32.2. The Morgan fingerprint density at radius 3 is 2.88 bits per heavy atom. The minimum atomic E-state index is -0.452. The Bertz CT molecular complexity index is 875. The number of benzene rings is 1. The van der Waals surface area contributed by atoms with E-state index in [0.717, 1.165) is 23.5 Å². The molecule has 0 radical (unpaired) electrons. The molecule has 1 aromatic rings. The van der Waals surface area contributed by atoms with Crippen molar-refractivity contribution >= 4 is 11.9 Å². The molecule has 6 nitrogen and oxygen atoms in total. The van der Waals surface area contributed by atoms with Gasteiger partial charge in [-0.3, -0.25) is 4.72 Å². The number of aliphatic hydroxyl groups excluding tert-OH is 2. The van der Waals surface area contributed by atoms with E-state index >= 15 is 0 Å². The van der Waals surface area contributed by atoms with Crippen molar-refractivity contribution in [1.29, 1.82) is 0 Å². The highest BCUT2D eigenvalue weighted by Gasteiger charge is 2.50. The fourth-order valence-corrected chi connectivity index (χ4v) is 5.43. The van der Waals surface area contributed by atoms with Crippen LogP contribution < -0.4 is 10.0 Å². The van der Waals surface area contributed by atoms with E-state index in [0.29, 0.717) is 45.1 Å². The van der Waals surface area contributed by atoms with Crippen molar-refractivity contribution in [2.45, 2.75) is 56.4 Å². The van der Waals surface area contributed by atoms with Gasteiger partial charge in [0.05, 0.1) is 24.9 Å². The average Bonchev–Trinajstić information content (AvgIpc) is 3.55. The van der Waals surface area contributed by atoms with Crippen molar-refractivity contribution in [2.75, 3.05) is 26.4 Å². The number of aliphatic hydroxyl groups is 2. The summed E-state index contributed by atoms with van der Waals surface area (Å²) in [4.78, 5) is 0.950. The molecule has 33 heavy (non-hydrogen) atoms. The normalized spacial score (nSPS) is 27.0. The molecule has 4 unspecified atom stereocenters. The first-order chi connectivity index (χ1) is 16.0. The van der Waals surface area contributed by atoms with Crippen LogP contribution in [0.1, 0.15) is 43.4 Å². The predicted molar refractivity (Wildman–Crippen MR) is 133 cm³/mol. The zero-order valence-electron chi connectivity index (χ0n) is 19.3. The van der Waals surface area contributed by atoms with E-state index in [1.807, 2.05) is 24.3 Å². The molecule has 0 aromatic heterocycles. The molecule has 7 heteroatoms. The van der Waals surface area contributed by atoms with E-state index in [-0.39, 0.29) is 17.7 Å². The maximum atomic E-state index is 10.7. The molecule has 0 amide bonds. The third-order valence-electron chi connectivity index (χ3n) is 6.91. The minimum absolute atomic E-state index is 0.00233. The Hall–Kier alpha value is -1.61. The molecule has 4 atom stereocenters. The Balaban J connectivity index is 1.24. The molecule has 0 bridgehead atoms. The van der Waals surface area contributed by atoms with Gasteiger partial charge >= 0.3 is 0 Å². The first-order valence-corrected chi connectivity index (χ1v) is 12.7. The Morgan fingerprint density at radius 1 is 1.33 bits per heavy atom. The number of allylic oxidation sites excluding steroid dienone is 3. The van der Waals surface area contributed by atoms with Crippen LogP contribution in [0.25, 0.3) is 0 Å². The Morgan fingerprint density at radius 2 is 2.15 bits per heavy atom. The fraction of sp³-hybridized carbons (Fsp3) is 0.538. The minimum Gasteiger partial charge on any atom is -0.493 e. The topological polar surface area (TPSA) is 83.0 Å². The number of hydrogen-bond acceptors (Lipinski definition) is 7. The maximum Gasteiger partial charge on any atom is 0.122 e. The van der Waals surface area contributed by atoms with Gasteiger partial charge in [-0.2, -0.15) is 0 Å². The van der Waals surface area contributed by atoms with Gasteiger partial charge in [-0.05, 0) is 60.4 Å². The summed E-state index contributed by atoms with van der Waals surface area (Å²) in [7, 11) is 0. The van der Waals surface area contributed by atoms with Gasteiger partial charge in [-0.15, -0.1) is 0 Å². The van der Waals surface area contributed by atoms with Crippen LogP contribution in [0.4, 0.5) is 0 Å². The predicted octanol–water partition coefficient (Wildman–Crippen LogP) is 3.39. The summed E-state index contributed by atoms with van der Waals surface area (Å²) < 4.78 is 14.2. The average molecular weight is 473 g/mol. The van der Waals surface area contributed by atoms with Gasteiger partial charge in [-0.25, -0.2) is 0 Å². The highest BCUT2D eigenvalue weighted by Crippen LogP contribution is 2.47. The van der Waals surface area contributed by atoms with Gasteiger partial charge in [0.1, 0.15) is 19.0 Å². The molecule has 4 N–H and O–H groups in total. The first kappa shape index (κ1) is 24.5. The van der Waals surface area contributed by atoms with E-state index in [2.05, 4.69) is 35.7 Å². The molecule has 1 heterocycles. The fourth-order valence-electron chi connectivity index (χ4n) is 4.77. The van der Waals surface area contributed by atoms with Crippen LogP contribution in [0.15, 0.2) is 59.7 Å². The van der Waals surface area contributed by atoms with E-state index in [1.54, 1.807) is 6.08 Å². The van der Waals surface area contributed by atoms with Crippen molar-refractivity contribution in [2.24, 2.45) is 5.92 Å². The SMILES string of the molecule is C=C/C(=C\C=C1/COCCO1)SNCC(O)CC(C)C1(NC2c3ccccc3CC2O)CC1. The summed E-state index contributed by atoms with van der Waals surface area (Å²) in [5.74, 6) is 1.12. The number of hydrogen-bond donors (Lipinski definition) is 4. The summed E-state index contributed by atoms with van der Waals surface area (Å²) in [6, 6.07) is 8.28. The molecular formula is C26H36N2O4S. The quantitative estimate of drug-likeness (QED) is 0.290. The Kier molecular flexibility index (Phi) is 8.33. The van der Waals surface area contributed by atoms with Gasteiger partial charge in [0.15, 0.2) is 0 Å². The second kappa shape index (κ2) is 11.2. The number of fused-ring (bicyclic) bond motifs is 1. The van der Waals surface area contributed by atoms with E-state index in [1.165, 1.54) is 23.1 Å². The van der Waals surface area contributed by atoms with Crippen molar-refractivity contribution in [3.8, 4) is 0 Å². The molecule has 4 rings (SSSR count). The lowest BCUT2D eigenvalue weighted by Crippen LogP contribution is -2.44. The first-order valence-electron chi connectivity index (χ1n) is 11.9. The molecule has 1 aromatic carbocycles. The monoisotopic (exact) mass is 472 g/mol. The molecule has 180 valence electrons. The van der Waals surface area contributed by atoms with Crippen LogP contribution >= 0.6 is 11.9 Å².